The fraction of sp³-hybridized carbons (Fsp3) is 0.417. The van der Waals surface area contributed by atoms with Crippen LogP contribution in [0.5, 0.6) is 0 Å². The van der Waals surface area contributed by atoms with E-state index in [2.05, 4.69) is 10.3 Å². The molecule has 0 saturated heterocycles. The Hall–Kier alpha value is -1.98. The fourth-order valence-corrected chi connectivity index (χ4v) is 1.42. The van der Waals surface area contributed by atoms with Crippen LogP contribution in [0.2, 0.25) is 0 Å². The molecule has 2 N–H and O–H groups in total. The molecule has 1 heterocycles. The summed E-state index contributed by atoms with van der Waals surface area (Å²) in [7, 11) is 0. The van der Waals surface area contributed by atoms with Crippen LogP contribution in [0, 0.1) is 5.82 Å². The third-order valence-corrected chi connectivity index (χ3v) is 2.32. The molecule has 18 heavy (non-hydrogen) atoms. The second-order valence-corrected chi connectivity index (χ2v) is 3.85. The molecule has 0 fully saturated rings. The minimum Gasteiger partial charge on any atom is -0.481 e. The standard InChI is InChI=1S/C12H15FN2O3/c13-10-6-9(7-14-8-10)12(18)15-5-3-1-2-4-11(16)17/h6-8H,1-5H2,(H,15,18)(H,16,17). The zero-order valence-corrected chi connectivity index (χ0v) is 9.86. The third-order valence-electron chi connectivity index (χ3n) is 2.32. The fourth-order valence-electron chi connectivity index (χ4n) is 1.42. The predicted octanol–water partition coefficient (Wildman–Crippen LogP) is 1.60. The van der Waals surface area contributed by atoms with E-state index < -0.39 is 11.8 Å². The summed E-state index contributed by atoms with van der Waals surface area (Å²) in [4.78, 5) is 25.4. The van der Waals surface area contributed by atoms with Crippen LogP contribution in [0.4, 0.5) is 4.39 Å². The average molecular weight is 254 g/mol. The van der Waals surface area contributed by atoms with Gasteiger partial charge in [0.25, 0.3) is 5.91 Å². The van der Waals surface area contributed by atoms with E-state index >= 15 is 0 Å². The van der Waals surface area contributed by atoms with Crippen LogP contribution >= 0.6 is 0 Å². The number of unbranched alkanes of at least 4 members (excludes halogenated alkanes) is 2. The van der Waals surface area contributed by atoms with Gasteiger partial charge in [-0.1, -0.05) is 6.42 Å². The van der Waals surface area contributed by atoms with E-state index in [1.807, 2.05) is 0 Å². The molecule has 5 nitrogen and oxygen atoms in total. The van der Waals surface area contributed by atoms with Crippen LogP contribution in [0.25, 0.3) is 0 Å². The van der Waals surface area contributed by atoms with Crippen LogP contribution in [0.1, 0.15) is 36.0 Å². The summed E-state index contributed by atoms with van der Waals surface area (Å²) in [5.41, 5.74) is 0.181. The smallest absolute Gasteiger partial charge is 0.303 e. The summed E-state index contributed by atoms with van der Waals surface area (Å²) in [5.74, 6) is -1.74. The number of carboxylic acids is 1. The first-order valence-corrected chi connectivity index (χ1v) is 5.70. The molecule has 0 bridgehead atoms. The molecule has 0 radical (unpaired) electrons. The van der Waals surface area contributed by atoms with E-state index in [-0.39, 0.29) is 17.9 Å². The second-order valence-electron chi connectivity index (χ2n) is 3.85. The Balaban J connectivity index is 2.20. The number of amides is 1. The molecule has 0 spiro atoms. The summed E-state index contributed by atoms with van der Waals surface area (Å²) >= 11 is 0. The van der Waals surface area contributed by atoms with Gasteiger partial charge in [0.1, 0.15) is 5.82 Å². The van der Waals surface area contributed by atoms with Gasteiger partial charge in [0.05, 0.1) is 11.8 Å². The van der Waals surface area contributed by atoms with Crippen LogP contribution in [-0.4, -0.2) is 28.5 Å². The molecule has 1 aromatic rings. The summed E-state index contributed by atoms with van der Waals surface area (Å²) in [5, 5.41) is 11.0. The normalized spacial score (nSPS) is 10.1. The quantitative estimate of drug-likeness (QED) is 0.724. The maximum Gasteiger partial charge on any atom is 0.303 e. The van der Waals surface area contributed by atoms with Gasteiger partial charge in [-0.05, 0) is 18.9 Å². The number of carbonyl (C=O) groups is 2. The van der Waals surface area contributed by atoms with Crippen molar-refractivity contribution in [3.05, 3.63) is 29.8 Å². The van der Waals surface area contributed by atoms with Gasteiger partial charge in [-0.25, -0.2) is 4.39 Å². The highest BCUT2D eigenvalue weighted by Crippen LogP contribution is 2.02. The molecule has 0 aliphatic rings. The number of nitrogens with zero attached hydrogens (tertiary/aromatic N) is 1. The minimum atomic E-state index is -0.815. The highest BCUT2D eigenvalue weighted by molar-refractivity contribution is 5.93. The molecule has 0 unspecified atom stereocenters. The van der Waals surface area contributed by atoms with Gasteiger partial charge >= 0.3 is 5.97 Å². The lowest BCUT2D eigenvalue weighted by molar-refractivity contribution is -0.137. The van der Waals surface area contributed by atoms with Crippen molar-refractivity contribution >= 4 is 11.9 Å². The van der Waals surface area contributed by atoms with E-state index in [1.165, 1.54) is 6.20 Å². The van der Waals surface area contributed by atoms with Crippen molar-refractivity contribution in [2.24, 2.45) is 0 Å². The molecule has 98 valence electrons. The van der Waals surface area contributed by atoms with Crippen molar-refractivity contribution in [3.8, 4) is 0 Å². The zero-order chi connectivity index (χ0) is 13.4. The summed E-state index contributed by atoms with van der Waals surface area (Å²) in [6, 6.07) is 1.12. The molecule has 0 aliphatic carbocycles. The number of rotatable bonds is 7. The average Bonchev–Trinajstić information content (AvgIpc) is 2.33. The summed E-state index contributed by atoms with van der Waals surface area (Å²) in [6.45, 7) is 0.439. The Morgan fingerprint density at radius 2 is 2.06 bits per heavy atom. The highest BCUT2D eigenvalue weighted by atomic mass is 19.1. The van der Waals surface area contributed by atoms with E-state index in [0.717, 1.165) is 18.7 Å². The van der Waals surface area contributed by atoms with Gasteiger partial charge in [-0.15, -0.1) is 0 Å². The summed E-state index contributed by atoms with van der Waals surface area (Å²) < 4.78 is 12.8. The van der Waals surface area contributed by atoms with Gasteiger partial charge < -0.3 is 10.4 Å². The van der Waals surface area contributed by atoms with Gasteiger partial charge in [-0.2, -0.15) is 0 Å². The monoisotopic (exact) mass is 254 g/mol. The van der Waals surface area contributed by atoms with Gasteiger partial charge in [0, 0.05) is 19.2 Å². The van der Waals surface area contributed by atoms with E-state index in [9.17, 15) is 14.0 Å². The van der Waals surface area contributed by atoms with Crippen molar-refractivity contribution in [1.82, 2.24) is 10.3 Å². The molecule has 1 rings (SSSR count). The lowest BCUT2D eigenvalue weighted by Gasteiger charge is -2.04. The number of pyridine rings is 1. The van der Waals surface area contributed by atoms with E-state index in [1.54, 1.807) is 0 Å². The van der Waals surface area contributed by atoms with Gasteiger partial charge in [0.2, 0.25) is 0 Å². The van der Waals surface area contributed by atoms with Crippen LogP contribution in [-0.2, 0) is 4.79 Å². The minimum absolute atomic E-state index is 0.141. The topological polar surface area (TPSA) is 79.3 Å². The molecule has 1 amide bonds. The number of halogens is 1. The number of aromatic nitrogens is 1. The van der Waals surface area contributed by atoms with E-state index in [0.29, 0.717) is 19.4 Å². The molecular weight excluding hydrogens is 239 g/mol. The Labute approximate surface area is 104 Å². The first kappa shape index (κ1) is 14.1. The molecule has 0 atom stereocenters. The van der Waals surface area contributed by atoms with Gasteiger partial charge in [-0.3, -0.25) is 14.6 Å². The van der Waals surface area contributed by atoms with Crippen molar-refractivity contribution in [2.45, 2.75) is 25.7 Å². The predicted molar refractivity (Wildman–Crippen MR) is 62.6 cm³/mol. The van der Waals surface area contributed by atoms with Crippen LogP contribution < -0.4 is 5.32 Å². The lowest BCUT2D eigenvalue weighted by atomic mass is 10.2. The largest absolute Gasteiger partial charge is 0.481 e. The molecule has 0 saturated carbocycles. The number of carboxylic acid groups (broad SMARTS) is 1. The highest BCUT2D eigenvalue weighted by Gasteiger charge is 2.06. The van der Waals surface area contributed by atoms with Crippen LogP contribution in [0.3, 0.4) is 0 Å². The second kappa shape index (κ2) is 7.37. The Kier molecular flexibility index (Phi) is 5.76. The number of hydrogen-bond acceptors (Lipinski definition) is 3. The summed E-state index contributed by atoms with van der Waals surface area (Å²) in [6.07, 6.45) is 4.48. The number of hydrogen-bond donors (Lipinski definition) is 2. The maximum absolute atomic E-state index is 12.8. The van der Waals surface area contributed by atoms with Crippen LogP contribution in [0.15, 0.2) is 18.5 Å². The zero-order valence-electron chi connectivity index (χ0n) is 9.86. The van der Waals surface area contributed by atoms with E-state index in [4.69, 9.17) is 5.11 Å². The third kappa shape index (κ3) is 5.38. The Morgan fingerprint density at radius 1 is 1.28 bits per heavy atom. The van der Waals surface area contributed by atoms with Crippen molar-refractivity contribution in [3.63, 3.8) is 0 Å². The maximum atomic E-state index is 12.8. The Bertz CT molecular complexity index is 424. The number of nitrogens with one attached hydrogen (secondary N) is 1. The molecule has 6 heteroatoms. The van der Waals surface area contributed by atoms with Crippen molar-refractivity contribution < 1.29 is 19.1 Å². The van der Waals surface area contributed by atoms with Gasteiger partial charge in [0.15, 0.2) is 0 Å². The first-order valence-electron chi connectivity index (χ1n) is 5.70. The van der Waals surface area contributed by atoms with Crippen molar-refractivity contribution in [1.29, 1.82) is 0 Å². The van der Waals surface area contributed by atoms with Crippen molar-refractivity contribution in [2.75, 3.05) is 6.54 Å². The Morgan fingerprint density at radius 3 is 2.72 bits per heavy atom. The molecule has 0 aromatic carbocycles. The molecule has 0 aliphatic heterocycles. The molecule has 1 aromatic heterocycles. The number of aliphatic carboxylic acids is 1. The SMILES string of the molecule is O=C(O)CCCCCNC(=O)c1cncc(F)c1. The first-order chi connectivity index (χ1) is 8.59. The number of carbonyl (C=O) groups excluding carboxylic acids is 1. The molecular formula is C12H15FN2O3. The lowest BCUT2D eigenvalue weighted by Crippen LogP contribution is -2.24.